The summed E-state index contributed by atoms with van der Waals surface area (Å²) in [5.41, 5.74) is 2.90. The Morgan fingerprint density at radius 3 is 2.48 bits per heavy atom. The van der Waals surface area contributed by atoms with Crippen LogP contribution in [0.5, 0.6) is 0 Å². The number of rotatable bonds is 3. The zero-order chi connectivity index (χ0) is 20.2. The first-order chi connectivity index (χ1) is 13.9. The molecule has 3 aromatic heterocycles. The Kier molecular flexibility index (Phi) is 3.65. The molecular weight excluding hydrogens is 392 g/mol. The van der Waals surface area contributed by atoms with Crippen molar-refractivity contribution in [2.24, 2.45) is 0 Å². The van der Waals surface area contributed by atoms with Crippen molar-refractivity contribution in [1.29, 1.82) is 0 Å². The van der Waals surface area contributed by atoms with Gasteiger partial charge in [0.1, 0.15) is 0 Å². The van der Waals surface area contributed by atoms with Crippen molar-refractivity contribution >= 4 is 26.5 Å². The van der Waals surface area contributed by atoms with Crippen molar-refractivity contribution in [1.82, 2.24) is 29.8 Å². The highest BCUT2D eigenvalue weighted by atomic mass is 32.2. The molecule has 0 bridgehead atoms. The highest BCUT2D eigenvalue weighted by molar-refractivity contribution is 7.90. The highest BCUT2D eigenvalue weighted by Gasteiger charge is 2.17. The zero-order valence-corrected chi connectivity index (χ0v) is 15.9. The number of nitrogens with zero attached hydrogens (tertiary/aromatic N) is 4. The number of fused-ring (bicyclic) bond motifs is 2. The smallest absolute Gasteiger partial charge is 0.302 e. The first-order valence-electron chi connectivity index (χ1n) is 8.64. The van der Waals surface area contributed by atoms with Crippen LogP contribution in [0.25, 0.3) is 39.3 Å². The number of imidazole rings is 1. The molecule has 10 heteroatoms. The van der Waals surface area contributed by atoms with Crippen LogP contribution < -0.4 is 5.56 Å². The molecule has 0 amide bonds. The number of nitrogens with one attached hydrogen (secondary N) is 2. The lowest BCUT2D eigenvalue weighted by molar-refractivity contribution is 0.602. The molecule has 0 saturated carbocycles. The van der Waals surface area contributed by atoms with E-state index in [2.05, 4.69) is 25.3 Å². The number of para-hydroxylation sites is 2. The van der Waals surface area contributed by atoms with E-state index in [0.717, 1.165) is 17.3 Å². The summed E-state index contributed by atoms with van der Waals surface area (Å²) in [5, 5.41) is 11.2. The molecule has 0 aliphatic carbocycles. The van der Waals surface area contributed by atoms with Crippen molar-refractivity contribution in [3.05, 3.63) is 65.1 Å². The van der Waals surface area contributed by atoms with Crippen molar-refractivity contribution < 1.29 is 8.42 Å². The van der Waals surface area contributed by atoms with Crippen LogP contribution in [0.3, 0.4) is 0 Å². The van der Waals surface area contributed by atoms with Crippen LogP contribution in [0.4, 0.5) is 0 Å². The van der Waals surface area contributed by atoms with Gasteiger partial charge in [-0.05, 0) is 29.8 Å². The summed E-state index contributed by atoms with van der Waals surface area (Å²) in [5.74, 6) is 0.340. The van der Waals surface area contributed by atoms with Gasteiger partial charge >= 0.3 is 5.56 Å². The Bertz CT molecular complexity index is 1510. The third-order valence-electron chi connectivity index (χ3n) is 4.65. The van der Waals surface area contributed by atoms with Gasteiger partial charge in [0.15, 0.2) is 27.0 Å². The molecule has 0 radical (unpaired) electrons. The summed E-state index contributed by atoms with van der Waals surface area (Å²) in [6, 6.07) is 13.8. The number of hydrogen-bond donors (Lipinski definition) is 2. The quantitative estimate of drug-likeness (QED) is 0.472. The summed E-state index contributed by atoms with van der Waals surface area (Å²) in [7, 11) is -3.29. The second-order valence-electron chi connectivity index (χ2n) is 6.60. The van der Waals surface area contributed by atoms with Crippen molar-refractivity contribution in [3.63, 3.8) is 0 Å². The molecule has 2 N–H and O–H groups in total. The van der Waals surface area contributed by atoms with Gasteiger partial charge in [0.05, 0.1) is 15.9 Å². The van der Waals surface area contributed by atoms with Gasteiger partial charge in [-0.15, -0.1) is 10.2 Å². The summed E-state index contributed by atoms with van der Waals surface area (Å²) >= 11 is 0. The maximum Gasteiger partial charge on any atom is 0.302 e. The summed E-state index contributed by atoms with van der Waals surface area (Å²) in [6.07, 6.45) is 2.78. The molecule has 0 aliphatic heterocycles. The van der Waals surface area contributed by atoms with Gasteiger partial charge in [-0.2, -0.15) is 4.52 Å². The molecule has 5 aromatic rings. The highest BCUT2D eigenvalue weighted by Crippen LogP contribution is 2.24. The predicted molar refractivity (Wildman–Crippen MR) is 107 cm³/mol. The van der Waals surface area contributed by atoms with Gasteiger partial charge in [0, 0.05) is 18.0 Å². The van der Waals surface area contributed by atoms with E-state index in [-0.39, 0.29) is 10.6 Å². The Hall–Kier alpha value is -3.79. The Morgan fingerprint density at radius 2 is 1.76 bits per heavy atom. The number of aromatic nitrogens is 6. The van der Waals surface area contributed by atoms with E-state index in [1.165, 1.54) is 16.6 Å². The first-order valence-corrected chi connectivity index (χ1v) is 10.5. The van der Waals surface area contributed by atoms with Crippen LogP contribution >= 0.6 is 0 Å². The fourth-order valence-electron chi connectivity index (χ4n) is 3.18. The monoisotopic (exact) mass is 406 g/mol. The van der Waals surface area contributed by atoms with E-state index < -0.39 is 15.4 Å². The second kappa shape index (κ2) is 6.11. The van der Waals surface area contributed by atoms with Gasteiger partial charge in [0.25, 0.3) is 0 Å². The molecule has 0 atom stereocenters. The predicted octanol–water partition coefficient (Wildman–Crippen LogP) is 2.03. The second-order valence-corrected chi connectivity index (χ2v) is 8.61. The normalized spacial score (nSPS) is 12.0. The fourth-order valence-corrected chi connectivity index (χ4v) is 3.81. The van der Waals surface area contributed by atoms with Crippen LogP contribution in [0, 0.1) is 0 Å². The van der Waals surface area contributed by atoms with Gasteiger partial charge in [0.2, 0.25) is 0 Å². The minimum Gasteiger partial charge on any atom is -0.336 e. The Labute approximate surface area is 164 Å². The van der Waals surface area contributed by atoms with E-state index >= 15 is 0 Å². The lowest BCUT2D eigenvalue weighted by atomic mass is 10.1. The summed E-state index contributed by atoms with van der Waals surface area (Å²) in [4.78, 5) is 20.6. The lowest BCUT2D eigenvalue weighted by Crippen LogP contribution is -2.19. The SMILES string of the molecule is CS(=O)(=O)c1ccc(-c2c[nH]n3c(=O)c(-c4nc5ccccc5[nH]4)nnc23)cc1. The van der Waals surface area contributed by atoms with Gasteiger partial charge < -0.3 is 4.98 Å². The third kappa shape index (κ3) is 2.81. The summed E-state index contributed by atoms with van der Waals surface area (Å²) < 4.78 is 24.6. The first kappa shape index (κ1) is 17.3. The zero-order valence-electron chi connectivity index (χ0n) is 15.1. The van der Waals surface area contributed by atoms with Crippen molar-refractivity contribution in [2.75, 3.05) is 6.26 Å². The topological polar surface area (TPSA) is 126 Å². The molecule has 29 heavy (non-hydrogen) atoms. The van der Waals surface area contributed by atoms with E-state index in [1.54, 1.807) is 18.3 Å². The molecule has 3 heterocycles. The standard InChI is InChI=1S/C19H14N6O3S/c1-29(27,28)12-8-6-11(7-9-12)13-10-20-25-18(13)24-23-16(19(25)26)17-21-14-4-2-3-5-15(14)22-17/h2-10,20H,1H3,(H,21,22). The Morgan fingerprint density at radius 1 is 1.00 bits per heavy atom. The molecule has 0 fully saturated rings. The molecule has 144 valence electrons. The number of sulfone groups is 1. The average Bonchev–Trinajstić information content (AvgIpc) is 3.32. The van der Waals surface area contributed by atoms with E-state index in [9.17, 15) is 13.2 Å². The van der Waals surface area contributed by atoms with E-state index in [1.807, 2.05) is 24.3 Å². The van der Waals surface area contributed by atoms with E-state index in [4.69, 9.17) is 0 Å². The number of benzene rings is 2. The van der Waals surface area contributed by atoms with Crippen molar-refractivity contribution in [3.8, 4) is 22.6 Å². The Balaban J connectivity index is 1.62. The molecule has 2 aromatic carbocycles. The molecule has 9 nitrogen and oxygen atoms in total. The summed E-state index contributed by atoms with van der Waals surface area (Å²) in [6.45, 7) is 0. The molecule has 0 unspecified atom stereocenters. The number of hydrogen-bond acceptors (Lipinski definition) is 6. The average molecular weight is 406 g/mol. The largest absolute Gasteiger partial charge is 0.336 e. The van der Waals surface area contributed by atoms with Crippen LogP contribution in [-0.4, -0.2) is 44.5 Å². The lowest BCUT2D eigenvalue weighted by Gasteiger charge is -2.02. The van der Waals surface area contributed by atoms with Gasteiger partial charge in [-0.1, -0.05) is 24.3 Å². The van der Waals surface area contributed by atoms with Crippen LogP contribution in [0.2, 0.25) is 0 Å². The van der Waals surface area contributed by atoms with Crippen molar-refractivity contribution in [2.45, 2.75) is 4.90 Å². The van der Waals surface area contributed by atoms with Crippen LogP contribution in [0.1, 0.15) is 0 Å². The number of H-pyrrole nitrogens is 2. The molecule has 0 aliphatic rings. The fraction of sp³-hybridized carbons (Fsp3) is 0.0526. The molecule has 5 rings (SSSR count). The molecule has 0 saturated heterocycles. The maximum absolute atomic E-state index is 12.9. The van der Waals surface area contributed by atoms with Crippen LogP contribution in [-0.2, 0) is 9.84 Å². The van der Waals surface area contributed by atoms with Crippen LogP contribution in [0.15, 0.2) is 64.4 Å². The minimum atomic E-state index is -3.29. The maximum atomic E-state index is 12.9. The minimum absolute atomic E-state index is 0.0968. The molecular formula is C19H14N6O3S. The van der Waals surface area contributed by atoms with E-state index in [0.29, 0.717) is 22.6 Å². The molecule has 0 spiro atoms. The van der Waals surface area contributed by atoms with Gasteiger partial charge in [-0.25, -0.2) is 13.4 Å². The number of aromatic amines is 2. The van der Waals surface area contributed by atoms with Gasteiger partial charge in [-0.3, -0.25) is 9.89 Å². The third-order valence-corrected chi connectivity index (χ3v) is 5.78.